The Bertz CT molecular complexity index is 5010. The Morgan fingerprint density at radius 3 is 1.02 bits per heavy atom. The molecule has 4 aromatic heterocycles. The standard InChI is InChI=1S/C28H44N2O2.C27H42N2O3.C26H37N3O.C25H35N3O2.C7H15F3O3SSi.CH3.BrH.FH.Mg/c1-18(31)20-15-29-30(16-20)17-28(5,32)25-9-8-24-23-7-6-19-14-26(2,3)12-10-21(19)22(23)11-13-27(24,25)4;1-17(30)19-14-28-29(15-19)16-27(4,32)24-8-7-23-22-6-5-18-13-25(2,31)11-9-20(18)21(22)10-12-26(23,24)3;1-25(2)10-8-19-18(12-25)4-5-21-20(19)9-11-26(3)22(21)6-7-23(26)24(30)16-29-15-17(13-27)14-28-29;1-24(30)9-7-18-17(11-24)3-4-20-19(18)8-10-25(2)21(20)5-6-22(25)23(29)15-28-14-16(12-26)13-27-28;1-6(2,3)15(4,5)13-14(11,12)7(8,9)10;;;;/h15-16,19,21-25,32H,6-14,17H2,1-5H3;14-15,18,20-24,31-32H,5-13,16H2,1-4H3;14-15,18-23H,4-12,16H2,1-3H3;13-14,17-22,30H,3-11,15H2,1-2H3;1-5H3;1H3;2*1H;/q;;;;;-1;;;+2/p-1/t19-,21+,22-,23-,24+,25+,27+,28-;18-,20+,21-,22-,23+,24+,25-,26+,27-;18-,19+,20-,21-,22+,23-,26+;17-,18+,19-,20-,21+,22-,24-,25+;;;;;/m1111...../s1. The third-order valence-electron chi connectivity index (χ3n) is 43.3. The van der Waals surface area contributed by atoms with Gasteiger partial charge in [-0.1, -0.05) is 76.2 Å². The van der Waals surface area contributed by atoms with Crippen LogP contribution in [0.3, 0.4) is 0 Å². The molecule has 0 aliphatic heterocycles. The van der Waals surface area contributed by atoms with E-state index in [1.54, 1.807) is 96.7 Å². The van der Waals surface area contributed by atoms with Crippen molar-refractivity contribution in [2.24, 2.45) is 175 Å². The molecule has 4 heterocycles. The van der Waals surface area contributed by atoms with Crippen LogP contribution in [0.4, 0.5) is 17.9 Å². The third kappa shape index (κ3) is 23.8. The summed E-state index contributed by atoms with van der Waals surface area (Å²) in [4.78, 5) is 49.9. The molecule has 796 valence electrons. The summed E-state index contributed by atoms with van der Waals surface area (Å²) in [5.41, 5.74) is -3.83. The SMILES string of the molecule is CC(=O)c1cnn(C[C@@](C)(O)[C@H]2CC[C@H]3[C@@H]4CC[C@@H]5CC(C)(C)CC[C@@H]5[C@H]4CC[C@@]32C)c1.CC(=O)c1cnn(C[C@@](C)(O)[C@H]2CC[C@H]3[C@@H]4CC[C@@H]5C[C@](C)(O)CC[C@@H]5[C@H]4CC[C@@]32C)c1.CC(C)(C)[Si](C)(C)OS(=O)(=O)C(F)(F)F.CC1(C)CC[C@H]2[C@H](CC[C@@H]3[C@@H]2CC[C@]2(C)[C@@H](C(=O)Cn4cc(C#N)cn4)CC[C@@H]32)C1.C[C@@]1(O)CC[C@H]2[C@H](CC[C@@H]3[C@@H]2CC[C@]2(C)[C@@H](C(=O)Cn4cc(C#N)cn4)CC[C@@H]32)C1.F.[Br-].[CH3-].[Mg+2]. The maximum Gasteiger partial charge on any atom is 2.00 e. The van der Waals surface area contributed by atoms with E-state index in [-0.39, 0.29) is 103 Å². The fraction of sp³-hybridized carbons (Fsp3) is 0.833. The molecule has 29 heteroatoms. The summed E-state index contributed by atoms with van der Waals surface area (Å²) in [6, 6.07) is 4.20. The van der Waals surface area contributed by atoms with Gasteiger partial charge in [0.25, 0.3) is 0 Å². The van der Waals surface area contributed by atoms with Crippen LogP contribution in [-0.2, 0) is 49.8 Å². The zero-order valence-electron chi connectivity index (χ0n) is 90.4. The van der Waals surface area contributed by atoms with Gasteiger partial charge in [0.1, 0.15) is 12.1 Å². The minimum Gasteiger partial charge on any atom is -1.00 e. The number of hydrogen-bond acceptors (Lipinski definition) is 17. The molecular formula is C114H177BrF4MgN10O11SSi. The van der Waals surface area contributed by atoms with Gasteiger partial charge in [-0.15, -0.1) is 0 Å². The molecule has 4 N–H and O–H groups in total. The van der Waals surface area contributed by atoms with Gasteiger partial charge < -0.3 is 48.7 Å². The predicted molar refractivity (Wildman–Crippen MR) is 549 cm³/mol. The molecule has 0 spiro atoms. The van der Waals surface area contributed by atoms with Gasteiger partial charge in [0, 0.05) is 36.6 Å². The fourth-order valence-corrected chi connectivity index (χ4v) is 39.6. The second-order valence-electron chi connectivity index (χ2n) is 54.2. The topological polar surface area (TPSA) is 311 Å². The molecular weight excluding hydrogens is 1930 g/mol. The zero-order valence-corrected chi connectivity index (χ0v) is 95.2. The number of fused-ring (bicyclic) bond motifs is 20. The van der Waals surface area contributed by atoms with E-state index in [9.17, 15) is 61.2 Å². The van der Waals surface area contributed by atoms with Gasteiger partial charge in [-0.25, -0.2) is 0 Å². The molecule has 0 saturated heterocycles. The smallest absolute Gasteiger partial charge is 1.00 e. The zero-order chi connectivity index (χ0) is 101. The van der Waals surface area contributed by atoms with Crippen molar-refractivity contribution >= 4 is 64.6 Å². The van der Waals surface area contributed by atoms with Crippen LogP contribution in [0, 0.1) is 205 Å². The molecule has 4 aromatic rings. The maximum atomic E-state index is 13.3. The van der Waals surface area contributed by atoms with Crippen molar-refractivity contribution in [1.82, 2.24) is 39.1 Å². The summed E-state index contributed by atoms with van der Waals surface area (Å²) in [6.07, 6.45) is 58.2. The average Bonchev–Trinajstić information content (AvgIpc) is 1.56. The van der Waals surface area contributed by atoms with E-state index in [2.05, 4.69) is 91.8 Å². The molecule has 21 nitrogen and oxygen atoms in total. The van der Waals surface area contributed by atoms with Crippen LogP contribution in [0.25, 0.3) is 0 Å². The number of halogens is 5. The summed E-state index contributed by atoms with van der Waals surface area (Å²) in [5.74, 6) is 17.9. The van der Waals surface area contributed by atoms with E-state index in [1.807, 2.05) is 27.7 Å². The van der Waals surface area contributed by atoms with Crippen LogP contribution in [-0.4, -0.2) is 150 Å². The molecule has 16 aliphatic carbocycles. The number of aromatic nitrogens is 8. The quantitative estimate of drug-likeness (QED) is 0.0266. The van der Waals surface area contributed by atoms with Crippen LogP contribution < -0.4 is 17.0 Å². The monoisotopic (exact) mass is 2100 g/mol. The summed E-state index contributed by atoms with van der Waals surface area (Å²) in [6.45, 7) is 40.3. The van der Waals surface area contributed by atoms with Crippen LogP contribution in [0.15, 0.2) is 49.6 Å². The second-order valence-corrected chi connectivity index (χ2v) is 60.7. The Kier molecular flexibility index (Phi) is 35.6. The Morgan fingerprint density at radius 1 is 0.427 bits per heavy atom. The van der Waals surface area contributed by atoms with Crippen LogP contribution in [0.2, 0.25) is 18.1 Å². The maximum absolute atomic E-state index is 13.3. The van der Waals surface area contributed by atoms with Crippen molar-refractivity contribution in [3.63, 3.8) is 0 Å². The first-order valence-electron chi connectivity index (χ1n) is 54.7. The Labute approximate surface area is 881 Å². The minimum absolute atomic E-state index is 0. The predicted octanol–water partition coefficient (Wildman–Crippen LogP) is 21.0. The van der Waals surface area contributed by atoms with Gasteiger partial charge in [-0.3, -0.25) is 42.6 Å². The molecule has 16 aliphatic rings. The number of hydrogen-bond donors (Lipinski definition) is 4. The van der Waals surface area contributed by atoms with Gasteiger partial charge >= 0.3 is 38.7 Å². The molecule has 0 unspecified atom stereocenters. The van der Waals surface area contributed by atoms with E-state index in [4.69, 9.17) is 10.5 Å². The molecule has 16 fully saturated rings. The number of carbonyl (C=O) groups excluding carboxylic acids is 4. The molecule has 0 amide bonds. The van der Waals surface area contributed by atoms with Crippen molar-refractivity contribution in [3.8, 4) is 12.1 Å². The number of carbonyl (C=O) groups is 4. The largest absolute Gasteiger partial charge is 2.00 e. The molecule has 20 rings (SSSR count). The first-order chi connectivity index (χ1) is 64.8. The molecule has 0 bridgehead atoms. The van der Waals surface area contributed by atoms with Crippen molar-refractivity contribution in [2.45, 2.75) is 421 Å². The first kappa shape index (κ1) is 117. The van der Waals surface area contributed by atoms with Crippen molar-refractivity contribution in [3.05, 3.63) is 79.3 Å². The number of Topliss-reactive ketones (excluding diaryl/α,β-unsaturated/α-hetero) is 4. The number of nitrogens with zero attached hydrogens (tertiary/aromatic N) is 10. The molecule has 143 heavy (non-hydrogen) atoms. The summed E-state index contributed by atoms with van der Waals surface area (Å²) >= 11 is 0. The van der Waals surface area contributed by atoms with E-state index >= 15 is 0 Å². The van der Waals surface area contributed by atoms with Gasteiger partial charge in [0.2, 0.25) is 8.32 Å². The van der Waals surface area contributed by atoms with Crippen molar-refractivity contribution in [1.29, 1.82) is 10.5 Å². The molecule has 32 atom stereocenters. The Hall–Kier alpha value is -4.57. The van der Waals surface area contributed by atoms with E-state index < -0.39 is 51.4 Å². The van der Waals surface area contributed by atoms with E-state index in [1.165, 1.54) is 193 Å². The number of nitriles is 2. The minimum atomic E-state index is -5.48. The fourth-order valence-electron chi connectivity index (χ4n) is 36.0. The van der Waals surface area contributed by atoms with Crippen molar-refractivity contribution in [2.75, 3.05) is 0 Å². The van der Waals surface area contributed by atoms with E-state index in [0.29, 0.717) is 100 Å². The summed E-state index contributed by atoms with van der Waals surface area (Å²) in [5, 5.41) is 79.2. The average molecular weight is 2100 g/mol. The van der Waals surface area contributed by atoms with Gasteiger partial charge in [-0.05, 0) is 454 Å². The van der Waals surface area contributed by atoms with Crippen LogP contribution in [0.5, 0.6) is 0 Å². The summed E-state index contributed by atoms with van der Waals surface area (Å²) < 4.78 is 69.0. The molecule has 0 radical (unpaired) electrons. The second kappa shape index (κ2) is 43.5. The normalized spacial score (nSPS) is 39.6. The summed E-state index contributed by atoms with van der Waals surface area (Å²) in [7, 11) is -8.43. The Morgan fingerprint density at radius 2 is 0.720 bits per heavy atom. The Balaban J connectivity index is 0.000000161. The van der Waals surface area contributed by atoms with Gasteiger partial charge in [0.05, 0.1) is 95.6 Å². The van der Waals surface area contributed by atoms with Crippen LogP contribution in [0.1, 0.15) is 381 Å². The van der Waals surface area contributed by atoms with Gasteiger partial charge in [-0.2, -0.15) is 52.5 Å². The number of ketones is 4. The number of alkyl halides is 3. The van der Waals surface area contributed by atoms with Gasteiger partial charge in [0.15, 0.2) is 23.1 Å². The number of aliphatic hydroxyl groups is 4. The first-order valence-corrected chi connectivity index (χ1v) is 59.0. The number of rotatable bonds is 16. The molecule has 16 saturated carbocycles. The van der Waals surface area contributed by atoms with Crippen LogP contribution >= 0.6 is 0 Å². The van der Waals surface area contributed by atoms with Crippen molar-refractivity contribution < 1.29 is 86.8 Å². The molecule has 0 aromatic carbocycles. The van der Waals surface area contributed by atoms with E-state index in [0.717, 1.165) is 152 Å². The third-order valence-corrected chi connectivity index (χ3v) is 50.1.